The van der Waals surface area contributed by atoms with E-state index in [9.17, 15) is 9.59 Å². The first-order chi connectivity index (χ1) is 13.6. The molecule has 1 amide bonds. The summed E-state index contributed by atoms with van der Waals surface area (Å²) in [5, 5.41) is 2.79. The van der Waals surface area contributed by atoms with Gasteiger partial charge in [0, 0.05) is 16.4 Å². The number of hydrogen-bond acceptors (Lipinski definition) is 4. The van der Waals surface area contributed by atoms with E-state index in [-0.39, 0.29) is 17.1 Å². The number of hydrogen-bond donors (Lipinski definition) is 0. The molecule has 0 radical (unpaired) electrons. The molecule has 0 bridgehead atoms. The summed E-state index contributed by atoms with van der Waals surface area (Å²) in [5.41, 5.74) is 1.54. The molecule has 0 saturated carbocycles. The third kappa shape index (κ3) is 2.66. The highest BCUT2D eigenvalue weighted by Crippen LogP contribution is 2.40. The maximum atomic E-state index is 13.3. The number of benzene rings is 2. The van der Waals surface area contributed by atoms with E-state index in [0.717, 1.165) is 10.4 Å². The van der Waals surface area contributed by atoms with Gasteiger partial charge in [-0.15, -0.1) is 11.3 Å². The number of nitrogens with zero attached hydrogens (tertiary/aromatic N) is 1. The zero-order chi connectivity index (χ0) is 19.3. The highest BCUT2D eigenvalue weighted by molar-refractivity contribution is 7.10. The molecule has 4 nitrogen and oxygen atoms in total. The number of rotatable bonds is 3. The summed E-state index contributed by atoms with van der Waals surface area (Å²) in [6, 6.07) is 18.0. The Balaban J connectivity index is 1.73. The Bertz CT molecular complexity index is 1250. The van der Waals surface area contributed by atoms with Gasteiger partial charge in [-0.05, 0) is 35.2 Å². The average molecular weight is 408 g/mol. The number of amides is 1. The molecule has 1 aliphatic heterocycles. The Morgan fingerprint density at radius 2 is 1.86 bits per heavy atom. The van der Waals surface area contributed by atoms with E-state index in [1.807, 2.05) is 47.8 Å². The van der Waals surface area contributed by atoms with Gasteiger partial charge in [-0.2, -0.15) is 0 Å². The molecule has 28 heavy (non-hydrogen) atoms. The van der Waals surface area contributed by atoms with Crippen LogP contribution in [0.1, 0.15) is 32.6 Å². The Hall–Kier alpha value is -2.89. The van der Waals surface area contributed by atoms with E-state index in [1.165, 1.54) is 11.3 Å². The second kappa shape index (κ2) is 6.62. The molecule has 5 rings (SSSR count). The minimum Gasteiger partial charge on any atom is -0.450 e. The fraction of sp³-hybridized carbons (Fsp3) is 0.0909. The van der Waals surface area contributed by atoms with Gasteiger partial charge in [-0.3, -0.25) is 9.59 Å². The van der Waals surface area contributed by atoms with Crippen LogP contribution in [0, 0.1) is 0 Å². The molecule has 0 aliphatic carbocycles. The van der Waals surface area contributed by atoms with Crippen LogP contribution in [-0.4, -0.2) is 10.8 Å². The Labute approximate surface area is 169 Å². The maximum Gasteiger partial charge on any atom is 0.291 e. The molecule has 1 unspecified atom stereocenters. The van der Waals surface area contributed by atoms with Crippen molar-refractivity contribution in [2.45, 2.75) is 12.6 Å². The van der Waals surface area contributed by atoms with Crippen molar-refractivity contribution in [3.8, 4) is 0 Å². The van der Waals surface area contributed by atoms with Gasteiger partial charge in [0.25, 0.3) is 5.91 Å². The van der Waals surface area contributed by atoms with Crippen LogP contribution in [0.25, 0.3) is 11.0 Å². The average Bonchev–Trinajstić information content (AvgIpc) is 3.32. The normalized spacial score (nSPS) is 16.0. The Morgan fingerprint density at radius 3 is 2.61 bits per heavy atom. The summed E-state index contributed by atoms with van der Waals surface area (Å²) >= 11 is 7.60. The second-order valence-corrected chi connectivity index (χ2v) is 8.07. The molecule has 0 spiro atoms. The number of fused-ring (bicyclic) bond motifs is 2. The standard InChI is InChI=1S/C22H14ClNO3S/c23-14-8-9-16-15(11-14)20(25)18-19(17-7-4-10-28-17)24(22(26)21(18)27-16)12-13-5-2-1-3-6-13/h1-11,19H,12H2. The molecule has 6 heteroatoms. The summed E-state index contributed by atoms with van der Waals surface area (Å²) in [6.07, 6.45) is 0. The zero-order valence-electron chi connectivity index (χ0n) is 14.6. The molecule has 1 atom stereocenters. The molecule has 1 aliphatic rings. The third-order valence-corrected chi connectivity index (χ3v) is 6.10. The van der Waals surface area contributed by atoms with Crippen LogP contribution in [0.4, 0.5) is 0 Å². The topological polar surface area (TPSA) is 50.5 Å². The molecule has 4 aromatic rings. The molecule has 138 valence electrons. The van der Waals surface area contributed by atoms with Crippen molar-refractivity contribution in [2.75, 3.05) is 0 Å². The van der Waals surface area contributed by atoms with Crippen LogP contribution in [0.15, 0.2) is 75.3 Å². The summed E-state index contributed by atoms with van der Waals surface area (Å²) < 4.78 is 5.90. The molecule has 0 saturated heterocycles. The van der Waals surface area contributed by atoms with Gasteiger partial charge in [-0.1, -0.05) is 48.0 Å². The maximum absolute atomic E-state index is 13.3. The predicted octanol–water partition coefficient (Wildman–Crippen LogP) is 5.25. The van der Waals surface area contributed by atoms with E-state index < -0.39 is 6.04 Å². The molecule has 0 fully saturated rings. The summed E-state index contributed by atoms with van der Waals surface area (Å²) in [5.74, 6) is -0.152. The minimum absolute atomic E-state index is 0.120. The third-order valence-electron chi connectivity index (χ3n) is 4.94. The first-order valence-electron chi connectivity index (χ1n) is 8.78. The van der Waals surface area contributed by atoms with Gasteiger partial charge in [0.1, 0.15) is 11.6 Å². The fourth-order valence-electron chi connectivity index (χ4n) is 3.68. The highest BCUT2D eigenvalue weighted by Gasteiger charge is 2.43. The highest BCUT2D eigenvalue weighted by atomic mass is 35.5. The predicted molar refractivity (Wildman–Crippen MR) is 110 cm³/mol. The van der Waals surface area contributed by atoms with Gasteiger partial charge in [0.05, 0.1) is 10.9 Å². The van der Waals surface area contributed by atoms with Crippen LogP contribution in [0.2, 0.25) is 5.02 Å². The number of carbonyl (C=O) groups is 1. The van der Waals surface area contributed by atoms with Crippen molar-refractivity contribution < 1.29 is 9.21 Å². The summed E-state index contributed by atoms with van der Waals surface area (Å²) in [7, 11) is 0. The van der Waals surface area contributed by atoms with E-state index in [1.54, 1.807) is 23.1 Å². The summed E-state index contributed by atoms with van der Waals surface area (Å²) in [6.45, 7) is 0.392. The van der Waals surface area contributed by atoms with Gasteiger partial charge >= 0.3 is 0 Å². The molecular weight excluding hydrogens is 394 g/mol. The second-order valence-electron chi connectivity index (χ2n) is 6.65. The molecular formula is C22H14ClNO3S. The van der Waals surface area contributed by atoms with Crippen LogP contribution in [0.3, 0.4) is 0 Å². The monoisotopic (exact) mass is 407 g/mol. The van der Waals surface area contributed by atoms with Crippen molar-refractivity contribution in [1.29, 1.82) is 0 Å². The molecule has 2 aromatic carbocycles. The van der Waals surface area contributed by atoms with Crippen molar-refractivity contribution in [3.63, 3.8) is 0 Å². The smallest absolute Gasteiger partial charge is 0.291 e. The molecule has 3 heterocycles. The van der Waals surface area contributed by atoms with Gasteiger partial charge < -0.3 is 9.32 Å². The van der Waals surface area contributed by atoms with E-state index in [2.05, 4.69) is 0 Å². The Kier molecular flexibility index (Phi) is 4.07. The first-order valence-corrected chi connectivity index (χ1v) is 10.0. The lowest BCUT2D eigenvalue weighted by Gasteiger charge is -2.24. The Morgan fingerprint density at radius 1 is 1.04 bits per heavy atom. The zero-order valence-corrected chi connectivity index (χ0v) is 16.2. The van der Waals surface area contributed by atoms with Crippen LogP contribution in [0.5, 0.6) is 0 Å². The number of carbonyl (C=O) groups excluding carboxylic acids is 1. The quantitative estimate of drug-likeness (QED) is 0.466. The van der Waals surface area contributed by atoms with E-state index in [0.29, 0.717) is 28.1 Å². The largest absolute Gasteiger partial charge is 0.450 e. The van der Waals surface area contributed by atoms with E-state index >= 15 is 0 Å². The van der Waals surface area contributed by atoms with Crippen molar-refractivity contribution >= 4 is 39.8 Å². The van der Waals surface area contributed by atoms with Gasteiger partial charge in [0.2, 0.25) is 5.76 Å². The SMILES string of the molecule is O=C1c2oc3ccc(Cl)cc3c(=O)c2C(c2cccs2)N1Cc1ccccc1. The van der Waals surface area contributed by atoms with Crippen LogP contribution >= 0.6 is 22.9 Å². The lowest BCUT2D eigenvalue weighted by molar-refractivity contribution is 0.0716. The number of thiophene rings is 1. The fourth-order valence-corrected chi connectivity index (χ4v) is 4.70. The van der Waals surface area contributed by atoms with E-state index in [4.69, 9.17) is 16.0 Å². The van der Waals surface area contributed by atoms with Crippen molar-refractivity contribution in [2.24, 2.45) is 0 Å². The number of halogens is 1. The van der Waals surface area contributed by atoms with Gasteiger partial charge in [-0.25, -0.2) is 0 Å². The molecule has 0 N–H and O–H groups in total. The van der Waals surface area contributed by atoms with Crippen LogP contribution < -0.4 is 5.43 Å². The first kappa shape index (κ1) is 17.2. The molecule has 2 aromatic heterocycles. The van der Waals surface area contributed by atoms with Gasteiger partial charge in [0.15, 0.2) is 5.43 Å². The lowest BCUT2D eigenvalue weighted by atomic mass is 10.0. The minimum atomic E-state index is -0.470. The van der Waals surface area contributed by atoms with Crippen molar-refractivity contribution in [3.05, 3.63) is 103 Å². The van der Waals surface area contributed by atoms with Crippen LogP contribution in [-0.2, 0) is 6.54 Å². The summed E-state index contributed by atoms with van der Waals surface area (Å²) in [4.78, 5) is 29.2. The lowest BCUT2D eigenvalue weighted by Crippen LogP contribution is -2.28. The van der Waals surface area contributed by atoms with Crippen molar-refractivity contribution in [1.82, 2.24) is 4.90 Å².